The molecule has 2 aliphatic rings. The lowest BCUT2D eigenvalue weighted by Gasteiger charge is -2.43. The first kappa shape index (κ1) is 16.3. The van der Waals surface area contributed by atoms with E-state index in [1.54, 1.807) is 0 Å². The highest BCUT2D eigenvalue weighted by atomic mass is 16.2. The lowest BCUT2D eigenvalue weighted by atomic mass is 9.81. The predicted molar refractivity (Wildman–Crippen MR) is 83.8 cm³/mol. The fourth-order valence-corrected chi connectivity index (χ4v) is 3.77. The molecular weight excluding hydrogens is 264 g/mol. The second kappa shape index (κ2) is 7.81. The van der Waals surface area contributed by atoms with Crippen LogP contribution in [0.4, 0.5) is 0 Å². The summed E-state index contributed by atoms with van der Waals surface area (Å²) in [5, 5.41) is 2.95. The minimum atomic E-state index is -0.307. The Bertz CT molecular complexity index is 364. The van der Waals surface area contributed by atoms with Gasteiger partial charge >= 0.3 is 0 Å². The van der Waals surface area contributed by atoms with E-state index in [0.717, 1.165) is 38.6 Å². The third-order valence-electron chi connectivity index (χ3n) is 5.01. The van der Waals surface area contributed by atoms with Gasteiger partial charge in [0.25, 0.3) is 0 Å². The zero-order chi connectivity index (χ0) is 15.2. The first-order valence-electron chi connectivity index (χ1n) is 8.79. The third kappa shape index (κ3) is 3.78. The Labute approximate surface area is 128 Å². The van der Waals surface area contributed by atoms with Crippen LogP contribution in [0.3, 0.4) is 0 Å². The summed E-state index contributed by atoms with van der Waals surface area (Å²) < 4.78 is 0. The molecule has 2 unspecified atom stereocenters. The van der Waals surface area contributed by atoms with Crippen molar-refractivity contribution in [3.05, 3.63) is 0 Å². The van der Waals surface area contributed by atoms with Crippen molar-refractivity contribution in [2.75, 3.05) is 6.54 Å². The normalized spacial score (nSPS) is 27.8. The predicted octanol–water partition coefficient (Wildman–Crippen LogP) is 2.86. The molecule has 1 N–H and O–H groups in total. The average molecular weight is 294 g/mol. The Kier molecular flexibility index (Phi) is 6.07. The van der Waals surface area contributed by atoms with Crippen LogP contribution in [0.15, 0.2) is 0 Å². The van der Waals surface area contributed by atoms with Gasteiger partial charge in [0.05, 0.1) is 0 Å². The van der Waals surface area contributed by atoms with Crippen LogP contribution in [0, 0.1) is 5.92 Å². The SMILES string of the molecule is CCCCCN1C(=O)C(CC)NC(=O)C1C1CCCCC1. The smallest absolute Gasteiger partial charge is 0.245 e. The van der Waals surface area contributed by atoms with Gasteiger partial charge in [0, 0.05) is 6.54 Å². The number of carbonyl (C=O) groups is 2. The molecular formula is C17H30N2O2. The Morgan fingerprint density at radius 2 is 1.81 bits per heavy atom. The van der Waals surface area contributed by atoms with Crippen LogP contribution in [0.1, 0.15) is 71.6 Å². The van der Waals surface area contributed by atoms with Crippen LogP contribution in [0.25, 0.3) is 0 Å². The summed E-state index contributed by atoms with van der Waals surface area (Å²) >= 11 is 0. The van der Waals surface area contributed by atoms with Gasteiger partial charge in [0.15, 0.2) is 0 Å². The summed E-state index contributed by atoms with van der Waals surface area (Å²) in [5.74, 6) is 0.593. The molecule has 21 heavy (non-hydrogen) atoms. The molecule has 0 aromatic heterocycles. The van der Waals surface area contributed by atoms with E-state index in [0.29, 0.717) is 12.3 Å². The maximum Gasteiger partial charge on any atom is 0.245 e. The van der Waals surface area contributed by atoms with Crippen molar-refractivity contribution in [2.45, 2.75) is 83.7 Å². The number of rotatable bonds is 6. The molecule has 1 saturated heterocycles. The topological polar surface area (TPSA) is 49.4 Å². The number of nitrogens with one attached hydrogen (secondary N) is 1. The van der Waals surface area contributed by atoms with Crippen molar-refractivity contribution in [3.8, 4) is 0 Å². The van der Waals surface area contributed by atoms with Crippen molar-refractivity contribution in [1.29, 1.82) is 0 Å². The maximum atomic E-state index is 12.7. The molecule has 0 spiro atoms. The van der Waals surface area contributed by atoms with E-state index in [2.05, 4.69) is 12.2 Å². The van der Waals surface area contributed by atoms with Gasteiger partial charge in [0.1, 0.15) is 12.1 Å². The Balaban J connectivity index is 2.12. The number of unbranched alkanes of at least 4 members (excludes halogenated alkanes) is 2. The third-order valence-corrected chi connectivity index (χ3v) is 5.01. The molecule has 2 rings (SSSR count). The van der Waals surface area contributed by atoms with Crippen LogP contribution in [0.5, 0.6) is 0 Å². The van der Waals surface area contributed by atoms with Crippen molar-refractivity contribution < 1.29 is 9.59 Å². The lowest BCUT2D eigenvalue weighted by molar-refractivity contribution is -0.152. The van der Waals surface area contributed by atoms with Crippen LogP contribution in [-0.2, 0) is 9.59 Å². The second-order valence-corrected chi connectivity index (χ2v) is 6.55. The van der Waals surface area contributed by atoms with E-state index in [1.807, 2.05) is 11.8 Å². The van der Waals surface area contributed by atoms with Crippen LogP contribution >= 0.6 is 0 Å². The molecule has 0 bridgehead atoms. The van der Waals surface area contributed by atoms with Crippen molar-refractivity contribution in [1.82, 2.24) is 10.2 Å². The Morgan fingerprint density at radius 1 is 1.10 bits per heavy atom. The molecule has 4 nitrogen and oxygen atoms in total. The standard InChI is InChI=1S/C17H30N2O2/c1-3-5-9-12-19-15(13-10-7-6-8-11-13)16(20)18-14(4-2)17(19)21/h13-15H,3-12H2,1-2H3,(H,18,20). The zero-order valence-corrected chi connectivity index (χ0v) is 13.6. The highest BCUT2D eigenvalue weighted by Gasteiger charge is 2.43. The summed E-state index contributed by atoms with van der Waals surface area (Å²) in [4.78, 5) is 27.1. The minimum Gasteiger partial charge on any atom is -0.343 e. The number of nitrogens with zero attached hydrogens (tertiary/aromatic N) is 1. The molecule has 4 heteroatoms. The summed E-state index contributed by atoms with van der Waals surface area (Å²) in [7, 11) is 0. The highest BCUT2D eigenvalue weighted by molar-refractivity contribution is 5.97. The fourth-order valence-electron chi connectivity index (χ4n) is 3.77. The molecule has 2 fully saturated rings. The van der Waals surface area contributed by atoms with E-state index >= 15 is 0 Å². The van der Waals surface area contributed by atoms with Gasteiger partial charge in [-0.15, -0.1) is 0 Å². The lowest BCUT2D eigenvalue weighted by Crippen LogP contribution is -2.65. The first-order chi connectivity index (χ1) is 10.2. The van der Waals surface area contributed by atoms with Gasteiger partial charge < -0.3 is 10.2 Å². The summed E-state index contributed by atoms with van der Waals surface area (Å²) in [6, 6.07) is -0.517. The molecule has 1 saturated carbocycles. The Hall–Kier alpha value is -1.06. The number of hydrogen-bond donors (Lipinski definition) is 1. The van der Waals surface area contributed by atoms with Crippen LogP contribution in [-0.4, -0.2) is 35.3 Å². The van der Waals surface area contributed by atoms with Gasteiger partial charge in [-0.25, -0.2) is 0 Å². The van der Waals surface area contributed by atoms with E-state index in [1.165, 1.54) is 19.3 Å². The minimum absolute atomic E-state index is 0.0878. The average Bonchev–Trinajstić information content (AvgIpc) is 2.51. The molecule has 1 heterocycles. The monoisotopic (exact) mass is 294 g/mol. The number of hydrogen-bond acceptors (Lipinski definition) is 2. The second-order valence-electron chi connectivity index (χ2n) is 6.55. The molecule has 1 aliphatic heterocycles. The fraction of sp³-hybridized carbons (Fsp3) is 0.882. The maximum absolute atomic E-state index is 12.7. The van der Waals surface area contributed by atoms with Gasteiger partial charge in [0.2, 0.25) is 11.8 Å². The summed E-state index contributed by atoms with van der Waals surface area (Å²) in [6.45, 7) is 4.88. The molecule has 1 aliphatic carbocycles. The molecule has 120 valence electrons. The van der Waals surface area contributed by atoms with E-state index in [9.17, 15) is 9.59 Å². The summed E-state index contributed by atoms with van der Waals surface area (Å²) in [6.07, 6.45) is 9.80. The number of piperazine rings is 1. The first-order valence-corrected chi connectivity index (χ1v) is 8.79. The molecule has 0 radical (unpaired) electrons. The Morgan fingerprint density at radius 3 is 2.43 bits per heavy atom. The largest absolute Gasteiger partial charge is 0.343 e. The van der Waals surface area contributed by atoms with Gasteiger partial charge in [-0.1, -0.05) is 46.0 Å². The molecule has 2 atom stereocenters. The van der Waals surface area contributed by atoms with Crippen LogP contribution in [0.2, 0.25) is 0 Å². The zero-order valence-electron chi connectivity index (χ0n) is 13.6. The molecule has 0 aromatic rings. The highest BCUT2D eigenvalue weighted by Crippen LogP contribution is 2.31. The quantitative estimate of drug-likeness (QED) is 0.766. The van der Waals surface area contributed by atoms with Crippen molar-refractivity contribution >= 4 is 11.8 Å². The summed E-state index contributed by atoms with van der Waals surface area (Å²) in [5.41, 5.74) is 0. The van der Waals surface area contributed by atoms with Gasteiger partial charge in [-0.2, -0.15) is 0 Å². The number of carbonyl (C=O) groups excluding carboxylic acids is 2. The van der Waals surface area contributed by atoms with E-state index in [-0.39, 0.29) is 23.9 Å². The van der Waals surface area contributed by atoms with E-state index < -0.39 is 0 Å². The van der Waals surface area contributed by atoms with Crippen LogP contribution < -0.4 is 5.32 Å². The van der Waals surface area contributed by atoms with Crippen molar-refractivity contribution in [3.63, 3.8) is 0 Å². The molecule has 0 aromatic carbocycles. The molecule has 2 amide bonds. The number of amides is 2. The van der Waals surface area contributed by atoms with Gasteiger partial charge in [-0.3, -0.25) is 9.59 Å². The van der Waals surface area contributed by atoms with E-state index in [4.69, 9.17) is 0 Å². The van der Waals surface area contributed by atoms with Gasteiger partial charge in [-0.05, 0) is 31.6 Å². The van der Waals surface area contributed by atoms with Crippen molar-refractivity contribution in [2.24, 2.45) is 5.92 Å².